The Morgan fingerprint density at radius 1 is 1.16 bits per heavy atom. The van der Waals surface area contributed by atoms with Crippen molar-refractivity contribution in [3.8, 4) is 0 Å². The number of carbonyl (C=O) groups excluding carboxylic acids is 1. The van der Waals surface area contributed by atoms with Gasteiger partial charge in [0, 0.05) is 50.8 Å². The molecule has 0 radical (unpaired) electrons. The van der Waals surface area contributed by atoms with Gasteiger partial charge in [-0.25, -0.2) is 4.79 Å². The van der Waals surface area contributed by atoms with Gasteiger partial charge >= 0.3 is 6.03 Å². The van der Waals surface area contributed by atoms with Crippen molar-refractivity contribution in [1.82, 2.24) is 15.2 Å². The fourth-order valence-electron chi connectivity index (χ4n) is 3.29. The van der Waals surface area contributed by atoms with Gasteiger partial charge in [0.05, 0.1) is 0 Å². The quantitative estimate of drug-likeness (QED) is 0.935. The third-order valence-corrected chi connectivity index (χ3v) is 4.64. The first-order valence-corrected chi connectivity index (χ1v) is 8.87. The first-order valence-electron chi connectivity index (χ1n) is 8.87. The fourth-order valence-corrected chi connectivity index (χ4v) is 3.29. The third kappa shape index (κ3) is 4.50. The van der Waals surface area contributed by atoms with Crippen molar-refractivity contribution in [1.29, 1.82) is 0 Å². The van der Waals surface area contributed by atoms with Crippen molar-refractivity contribution >= 4 is 11.7 Å². The van der Waals surface area contributed by atoms with E-state index in [0.717, 1.165) is 38.2 Å². The number of nitrogens with one attached hydrogen (secondary N) is 1. The number of hydrogen-bond acceptors (Lipinski definition) is 3. The van der Waals surface area contributed by atoms with Crippen LogP contribution in [0.15, 0.2) is 42.7 Å². The van der Waals surface area contributed by atoms with Gasteiger partial charge in [-0.1, -0.05) is 29.8 Å². The minimum absolute atomic E-state index is 0.0230. The zero-order chi connectivity index (χ0) is 17.6. The summed E-state index contributed by atoms with van der Waals surface area (Å²) < 4.78 is 0. The predicted octanol–water partition coefficient (Wildman–Crippen LogP) is 3.12. The van der Waals surface area contributed by atoms with Gasteiger partial charge in [0.15, 0.2) is 0 Å². The van der Waals surface area contributed by atoms with Crippen molar-refractivity contribution in [2.24, 2.45) is 0 Å². The highest BCUT2D eigenvalue weighted by atomic mass is 16.2. The van der Waals surface area contributed by atoms with E-state index in [0.29, 0.717) is 6.54 Å². The van der Waals surface area contributed by atoms with Gasteiger partial charge in [0.2, 0.25) is 0 Å². The molecule has 1 aliphatic heterocycles. The first kappa shape index (κ1) is 17.3. The Hall–Kier alpha value is -2.56. The number of carbonyl (C=O) groups is 1. The van der Waals surface area contributed by atoms with E-state index in [1.54, 1.807) is 0 Å². The average Bonchev–Trinajstić information content (AvgIpc) is 2.86. The molecule has 0 aliphatic carbocycles. The van der Waals surface area contributed by atoms with Gasteiger partial charge in [-0.05, 0) is 37.5 Å². The molecule has 0 saturated carbocycles. The molecule has 1 N–H and O–H groups in total. The SMILES string of the molecule is Cc1cccc(CNC(=O)N2CCCN(c3ccncc3C)CC2)c1. The summed E-state index contributed by atoms with van der Waals surface area (Å²) in [4.78, 5) is 20.9. The van der Waals surface area contributed by atoms with Crippen molar-refractivity contribution in [2.75, 3.05) is 31.1 Å². The molecule has 25 heavy (non-hydrogen) atoms. The Kier molecular flexibility index (Phi) is 5.53. The van der Waals surface area contributed by atoms with E-state index < -0.39 is 0 Å². The van der Waals surface area contributed by atoms with E-state index in [2.05, 4.69) is 47.2 Å². The van der Waals surface area contributed by atoms with Gasteiger partial charge in [-0.15, -0.1) is 0 Å². The summed E-state index contributed by atoms with van der Waals surface area (Å²) in [5.74, 6) is 0. The highest BCUT2D eigenvalue weighted by Gasteiger charge is 2.19. The number of benzene rings is 1. The molecule has 3 rings (SSSR count). The van der Waals surface area contributed by atoms with Crippen LogP contribution in [0, 0.1) is 13.8 Å². The number of hydrogen-bond donors (Lipinski definition) is 1. The Balaban J connectivity index is 1.55. The van der Waals surface area contributed by atoms with Crippen molar-refractivity contribution in [2.45, 2.75) is 26.8 Å². The van der Waals surface area contributed by atoms with Crippen LogP contribution in [0.4, 0.5) is 10.5 Å². The largest absolute Gasteiger partial charge is 0.369 e. The van der Waals surface area contributed by atoms with Crippen LogP contribution in [-0.2, 0) is 6.54 Å². The smallest absolute Gasteiger partial charge is 0.317 e. The molecule has 0 spiro atoms. The van der Waals surface area contributed by atoms with E-state index in [9.17, 15) is 4.79 Å². The number of rotatable bonds is 3. The van der Waals surface area contributed by atoms with E-state index in [4.69, 9.17) is 0 Å². The summed E-state index contributed by atoms with van der Waals surface area (Å²) in [6.45, 7) is 8.07. The molecule has 0 atom stereocenters. The summed E-state index contributed by atoms with van der Waals surface area (Å²) in [5, 5.41) is 3.05. The molecule has 1 fully saturated rings. The summed E-state index contributed by atoms with van der Waals surface area (Å²) in [6.07, 6.45) is 4.70. The average molecular weight is 338 g/mol. The van der Waals surface area contributed by atoms with Crippen LogP contribution < -0.4 is 10.2 Å². The molecule has 5 heteroatoms. The number of pyridine rings is 1. The Morgan fingerprint density at radius 3 is 2.84 bits per heavy atom. The lowest BCUT2D eigenvalue weighted by Gasteiger charge is -2.25. The zero-order valence-corrected chi connectivity index (χ0v) is 15.0. The maximum atomic E-state index is 12.5. The number of urea groups is 1. The van der Waals surface area contributed by atoms with Crippen molar-refractivity contribution in [3.63, 3.8) is 0 Å². The molecule has 0 bridgehead atoms. The second kappa shape index (κ2) is 8.01. The van der Waals surface area contributed by atoms with Crippen molar-refractivity contribution in [3.05, 3.63) is 59.4 Å². The second-order valence-electron chi connectivity index (χ2n) is 6.64. The van der Waals surface area contributed by atoms with E-state index in [1.165, 1.54) is 16.8 Å². The Morgan fingerprint density at radius 2 is 2.04 bits per heavy atom. The Bertz CT molecular complexity index is 731. The molecule has 1 aromatic carbocycles. The molecular weight excluding hydrogens is 312 g/mol. The number of anilines is 1. The molecule has 2 amide bonds. The summed E-state index contributed by atoms with van der Waals surface area (Å²) in [6, 6.07) is 10.3. The van der Waals surface area contributed by atoms with Crippen LogP contribution in [0.5, 0.6) is 0 Å². The summed E-state index contributed by atoms with van der Waals surface area (Å²) in [5.41, 5.74) is 4.75. The van der Waals surface area contributed by atoms with Crippen LogP contribution in [0.3, 0.4) is 0 Å². The summed E-state index contributed by atoms with van der Waals surface area (Å²) in [7, 11) is 0. The second-order valence-corrected chi connectivity index (χ2v) is 6.64. The molecule has 5 nitrogen and oxygen atoms in total. The maximum Gasteiger partial charge on any atom is 0.317 e. The minimum Gasteiger partial charge on any atom is -0.369 e. The highest BCUT2D eigenvalue weighted by Crippen LogP contribution is 2.20. The molecular formula is C20H26N4O. The molecule has 2 heterocycles. The van der Waals surface area contributed by atoms with Crippen LogP contribution in [0.1, 0.15) is 23.1 Å². The molecule has 2 aromatic rings. The predicted molar refractivity (Wildman–Crippen MR) is 101 cm³/mol. The monoisotopic (exact) mass is 338 g/mol. The number of aryl methyl sites for hydroxylation is 2. The van der Waals surface area contributed by atoms with Gasteiger partial charge in [0.1, 0.15) is 0 Å². The number of amides is 2. The van der Waals surface area contributed by atoms with Gasteiger partial charge in [0.25, 0.3) is 0 Å². The van der Waals surface area contributed by atoms with Gasteiger partial charge < -0.3 is 15.1 Å². The van der Waals surface area contributed by atoms with E-state index in [1.807, 2.05) is 29.4 Å². The van der Waals surface area contributed by atoms with E-state index >= 15 is 0 Å². The van der Waals surface area contributed by atoms with Crippen LogP contribution in [0.2, 0.25) is 0 Å². The lowest BCUT2D eigenvalue weighted by atomic mass is 10.1. The topological polar surface area (TPSA) is 48.5 Å². The van der Waals surface area contributed by atoms with E-state index in [-0.39, 0.29) is 6.03 Å². The standard InChI is InChI=1S/C20H26N4O/c1-16-5-3-6-18(13-16)15-22-20(25)24-10-4-9-23(11-12-24)19-7-8-21-14-17(19)2/h3,5-8,13-14H,4,9-12,15H2,1-2H3,(H,22,25). The molecule has 1 aliphatic rings. The molecule has 0 unspecified atom stereocenters. The molecule has 1 saturated heterocycles. The number of nitrogens with zero attached hydrogens (tertiary/aromatic N) is 3. The lowest BCUT2D eigenvalue weighted by Crippen LogP contribution is -2.41. The highest BCUT2D eigenvalue weighted by molar-refractivity contribution is 5.74. The molecule has 1 aromatic heterocycles. The van der Waals surface area contributed by atoms with Crippen LogP contribution in [-0.4, -0.2) is 42.1 Å². The third-order valence-electron chi connectivity index (χ3n) is 4.64. The van der Waals surface area contributed by atoms with Crippen molar-refractivity contribution < 1.29 is 4.79 Å². The normalized spacial score (nSPS) is 15.0. The summed E-state index contributed by atoms with van der Waals surface area (Å²) >= 11 is 0. The maximum absolute atomic E-state index is 12.5. The minimum atomic E-state index is 0.0230. The Labute approximate surface area is 149 Å². The van der Waals surface area contributed by atoms with Gasteiger partial charge in [-0.2, -0.15) is 0 Å². The lowest BCUT2D eigenvalue weighted by molar-refractivity contribution is 0.201. The van der Waals surface area contributed by atoms with Crippen LogP contribution >= 0.6 is 0 Å². The first-order chi connectivity index (χ1) is 12.1. The number of aromatic nitrogens is 1. The molecule has 132 valence electrons. The van der Waals surface area contributed by atoms with Crippen LogP contribution in [0.25, 0.3) is 0 Å². The van der Waals surface area contributed by atoms with Gasteiger partial charge in [-0.3, -0.25) is 4.98 Å². The fraction of sp³-hybridized carbons (Fsp3) is 0.400. The zero-order valence-electron chi connectivity index (χ0n) is 15.0.